The van der Waals surface area contributed by atoms with Crippen LogP contribution in [0.4, 0.5) is 17.5 Å². The molecule has 0 unspecified atom stereocenters. The molecular weight excluding hydrogens is 425 g/mol. The molecule has 0 spiro atoms. The first kappa shape index (κ1) is 17.6. The van der Waals surface area contributed by atoms with E-state index < -0.39 is 0 Å². The van der Waals surface area contributed by atoms with Crippen LogP contribution >= 0.6 is 22.6 Å². The molecule has 0 radical (unpaired) electrons. The van der Waals surface area contributed by atoms with Gasteiger partial charge in [0.2, 0.25) is 5.95 Å². The van der Waals surface area contributed by atoms with Gasteiger partial charge in [-0.3, -0.25) is 4.98 Å². The lowest BCUT2D eigenvalue weighted by Gasteiger charge is -2.15. The van der Waals surface area contributed by atoms with E-state index in [1.54, 1.807) is 6.20 Å². The monoisotopic (exact) mass is 445 g/mol. The number of para-hydroxylation sites is 1. The number of hydrogen-bond donors (Lipinski definition) is 2. The Bertz CT molecular complexity index is 838. The Hall–Kier alpha value is -2.22. The van der Waals surface area contributed by atoms with Gasteiger partial charge in [-0.15, -0.1) is 0 Å². The molecule has 0 saturated carbocycles. The highest BCUT2D eigenvalue weighted by Crippen LogP contribution is 2.25. The Balaban J connectivity index is 1.99. The molecule has 0 aliphatic heterocycles. The fourth-order valence-electron chi connectivity index (χ4n) is 2.26. The molecule has 3 rings (SSSR count). The van der Waals surface area contributed by atoms with Crippen LogP contribution in [0.3, 0.4) is 0 Å². The number of nitrogens with one attached hydrogen (secondary N) is 2. The fraction of sp³-hybridized carbons (Fsp3) is 0.211. The molecule has 0 bridgehead atoms. The second kappa shape index (κ2) is 8.24. The summed E-state index contributed by atoms with van der Waals surface area (Å²) in [5.74, 6) is 1.37. The molecule has 1 atom stereocenters. The summed E-state index contributed by atoms with van der Waals surface area (Å²) in [6.07, 6.45) is 4.57. The van der Waals surface area contributed by atoms with Crippen molar-refractivity contribution in [3.05, 3.63) is 58.4 Å². The Morgan fingerprint density at radius 3 is 2.68 bits per heavy atom. The van der Waals surface area contributed by atoms with Gasteiger partial charge in [0, 0.05) is 33.6 Å². The Morgan fingerprint density at radius 1 is 1.12 bits per heavy atom. The van der Waals surface area contributed by atoms with Crippen LogP contribution in [0.5, 0.6) is 0 Å². The smallest absolute Gasteiger partial charge is 0.225 e. The zero-order valence-corrected chi connectivity index (χ0v) is 16.4. The summed E-state index contributed by atoms with van der Waals surface area (Å²) in [5, 5.41) is 6.75. The van der Waals surface area contributed by atoms with E-state index in [2.05, 4.69) is 68.1 Å². The number of aromatic nitrogens is 3. The normalized spacial score (nSPS) is 11.8. The molecule has 2 N–H and O–H groups in total. The molecule has 2 aromatic heterocycles. The number of nitrogens with zero attached hydrogens (tertiary/aromatic N) is 3. The van der Waals surface area contributed by atoms with Crippen LogP contribution in [0.15, 0.2) is 54.9 Å². The summed E-state index contributed by atoms with van der Waals surface area (Å²) >= 11 is 2.31. The highest BCUT2D eigenvalue weighted by atomic mass is 127. The van der Waals surface area contributed by atoms with Crippen molar-refractivity contribution in [3.63, 3.8) is 0 Å². The minimum absolute atomic E-state index is 0.300. The molecule has 0 aliphatic rings. The third kappa shape index (κ3) is 4.66. The minimum Gasteiger partial charge on any atom is -0.352 e. The first-order valence-electron chi connectivity index (χ1n) is 8.23. The summed E-state index contributed by atoms with van der Waals surface area (Å²) in [7, 11) is 0. The molecule has 0 saturated heterocycles. The van der Waals surface area contributed by atoms with Gasteiger partial charge in [-0.1, -0.05) is 19.1 Å². The van der Waals surface area contributed by atoms with Gasteiger partial charge >= 0.3 is 0 Å². The molecule has 0 aliphatic carbocycles. The van der Waals surface area contributed by atoms with Crippen molar-refractivity contribution >= 4 is 40.0 Å². The predicted octanol–water partition coefficient (Wildman–Crippen LogP) is 5.10. The molecule has 0 amide bonds. The van der Waals surface area contributed by atoms with E-state index in [0.29, 0.717) is 12.0 Å². The maximum absolute atomic E-state index is 4.65. The van der Waals surface area contributed by atoms with E-state index >= 15 is 0 Å². The Labute approximate surface area is 161 Å². The molecule has 6 heteroatoms. The van der Waals surface area contributed by atoms with Crippen LogP contribution in [0.2, 0.25) is 0 Å². The second-order valence-electron chi connectivity index (χ2n) is 5.76. The van der Waals surface area contributed by atoms with Crippen LogP contribution in [0, 0.1) is 3.57 Å². The maximum Gasteiger partial charge on any atom is 0.225 e. The van der Waals surface area contributed by atoms with Crippen molar-refractivity contribution in [2.45, 2.75) is 26.3 Å². The lowest BCUT2D eigenvalue weighted by atomic mass is 10.2. The number of pyridine rings is 1. The Kier molecular flexibility index (Phi) is 5.80. The second-order valence-corrected chi connectivity index (χ2v) is 6.92. The number of anilines is 3. The first-order valence-corrected chi connectivity index (χ1v) is 9.31. The van der Waals surface area contributed by atoms with Gasteiger partial charge < -0.3 is 10.6 Å². The molecule has 1 aromatic carbocycles. The van der Waals surface area contributed by atoms with Gasteiger partial charge in [0.1, 0.15) is 5.82 Å². The van der Waals surface area contributed by atoms with Crippen molar-refractivity contribution in [2.75, 3.05) is 10.6 Å². The number of halogens is 1. The highest BCUT2D eigenvalue weighted by molar-refractivity contribution is 14.1. The molecule has 128 valence electrons. The van der Waals surface area contributed by atoms with Gasteiger partial charge in [0.05, 0.1) is 11.4 Å². The third-order valence-electron chi connectivity index (χ3n) is 3.81. The average Bonchev–Trinajstić information content (AvgIpc) is 2.64. The van der Waals surface area contributed by atoms with Crippen molar-refractivity contribution in [2.24, 2.45) is 0 Å². The van der Waals surface area contributed by atoms with Gasteiger partial charge in [-0.25, -0.2) is 4.98 Å². The minimum atomic E-state index is 0.300. The summed E-state index contributed by atoms with van der Waals surface area (Å²) in [6.45, 7) is 4.25. The number of rotatable bonds is 6. The number of hydrogen-bond acceptors (Lipinski definition) is 5. The van der Waals surface area contributed by atoms with E-state index in [1.165, 1.54) is 0 Å². The average molecular weight is 445 g/mol. The van der Waals surface area contributed by atoms with Crippen LogP contribution < -0.4 is 10.6 Å². The summed E-state index contributed by atoms with van der Waals surface area (Å²) in [5.41, 5.74) is 2.82. The molecule has 0 fully saturated rings. The SMILES string of the molecule is CC[C@@H](C)Nc1nc(Nc2ccccc2I)cc(-c2cccnc2)n1. The van der Waals surface area contributed by atoms with Crippen molar-refractivity contribution < 1.29 is 0 Å². The quantitative estimate of drug-likeness (QED) is 0.518. The van der Waals surface area contributed by atoms with Crippen LogP contribution in [0.25, 0.3) is 11.3 Å². The molecule has 25 heavy (non-hydrogen) atoms. The Morgan fingerprint density at radius 2 is 1.96 bits per heavy atom. The van der Waals surface area contributed by atoms with E-state index in [1.807, 2.05) is 42.6 Å². The lowest BCUT2D eigenvalue weighted by molar-refractivity contribution is 0.753. The lowest BCUT2D eigenvalue weighted by Crippen LogP contribution is -2.16. The first-order chi connectivity index (χ1) is 12.2. The van der Waals surface area contributed by atoms with Gasteiger partial charge in [-0.2, -0.15) is 4.98 Å². The van der Waals surface area contributed by atoms with E-state index in [4.69, 9.17) is 0 Å². The van der Waals surface area contributed by atoms with E-state index in [0.717, 1.165) is 32.8 Å². The zero-order valence-electron chi connectivity index (χ0n) is 14.2. The van der Waals surface area contributed by atoms with E-state index in [9.17, 15) is 0 Å². The highest BCUT2D eigenvalue weighted by Gasteiger charge is 2.10. The topological polar surface area (TPSA) is 62.7 Å². The van der Waals surface area contributed by atoms with Crippen molar-refractivity contribution in [3.8, 4) is 11.3 Å². The molecular formula is C19H20IN5. The van der Waals surface area contributed by atoms with Crippen molar-refractivity contribution in [1.82, 2.24) is 15.0 Å². The largest absolute Gasteiger partial charge is 0.352 e. The van der Waals surface area contributed by atoms with Gasteiger partial charge in [0.15, 0.2) is 0 Å². The molecule has 2 heterocycles. The predicted molar refractivity (Wildman–Crippen MR) is 111 cm³/mol. The van der Waals surface area contributed by atoms with E-state index in [-0.39, 0.29) is 0 Å². The van der Waals surface area contributed by atoms with Crippen molar-refractivity contribution in [1.29, 1.82) is 0 Å². The van der Waals surface area contributed by atoms with Gasteiger partial charge in [0.25, 0.3) is 0 Å². The number of benzene rings is 1. The molecule has 5 nitrogen and oxygen atoms in total. The summed E-state index contributed by atoms with van der Waals surface area (Å²) in [6, 6.07) is 14.3. The third-order valence-corrected chi connectivity index (χ3v) is 4.75. The molecule has 3 aromatic rings. The standard InChI is InChI=1S/C19H20IN5/c1-3-13(2)22-19-24-17(14-7-6-10-21-12-14)11-18(25-19)23-16-9-5-4-8-15(16)20/h4-13H,3H2,1-2H3,(H2,22,23,24,25)/t13-/m1/s1. The van der Waals surface area contributed by atoms with Crippen LogP contribution in [0.1, 0.15) is 20.3 Å². The zero-order chi connectivity index (χ0) is 17.6. The van der Waals surface area contributed by atoms with Crippen LogP contribution in [-0.2, 0) is 0 Å². The summed E-state index contributed by atoms with van der Waals surface area (Å²) < 4.78 is 1.14. The van der Waals surface area contributed by atoms with Gasteiger partial charge in [-0.05, 0) is 60.2 Å². The van der Waals surface area contributed by atoms with Crippen LogP contribution in [-0.4, -0.2) is 21.0 Å². The fourth-order valence-corrected chi connectivity index (χ4v) is 2.78. The summed E-state index contributed by atoms with van der Waals surface area (Å²) in [4.78, 5) is 13.5. The maximum atomic E-state index is 4.65.